The van der Waals surface area contributed by atoms with E-state index in [0.717, 1.165) is 12.1 Å². The lowest BCUT2D eigenvalue weighted by Crippen LogP contribution is -2.06. The summed E-state index contributed by atoms with van der Waals surface area (Å²) in [6, 6.07) is 8.36. The van der Waals surface area contributed by atoms with E-state index in [1.54, 1.807) is 18.2 Å². The SMILES string of the molecule is O=C(OCc1ccc(Cl)c(Cl)c1)c1ccc(F)cc1Cl. The lowest BCUT2D eigenvalue weighted by molar-refractivity contribution is 0.0473. The molecule has 2 rings (SSSR count). The van der Waals surface area contributed by atoms with Crippen molar-refractivity contribution in [2.24, 2.45) is 0 Å². The van der Waals surface area contributed by atoms with Crippen molar-refractivity contribution in [3.8, 4) is 0 Å². The minimum Gasteiger partial charge on any atom is -0.457 e. The van der Waals surface area contributed by atoms with Crippen LogP contribution in [0.15, 0.2) is 36.4 Å². The minimum atomic E-state index is -0.638. The van der Waals surface area contributed by atoms with Crippen LogP contribution in [0, 0.1) is 5.82 Å². The summed E-state index contributed by atoms with van der Waals surface area (Å²) < 4.78 is 18.0. The summed E-state index contributed by atoms with van der Waals surface area (Å²) in [6.07, 6.45) is 0. The molecule has 6 heteroatoms. The van der Waals surface area contributed by atoms with Crippen molar-refractivity contribution in [2.75, 3.05) is 0 Å². The molecule has 0 saturated heterocycles. The molecule has 20 heavy (non-hydrogen) atoms. The van der Waals surface area contributed by atoms with E-state index in [-0.39, 0.29) is 17.2 Å². The molecule has 0 aliphatic rings. The predicted molar refractivity (Wildman–Crippen MR) is 77.0 cm³/mol. The van der Waals surface area contributed by atoms with Gasteiger partial charge in [-0.05, 0) is 35.9 Å². The molecule has 0 fully saturated rings. The molecule has 0 bridgehead atoms. The summed E-state index contributed by atoms with van der Waals surface area (Å²) in [5, 5.41) is 0.799. The quantitative estimate of drug-likeness (QED) is 0.727. The number of carbonyl (C=O) groups is 1. The summed E-state index contributed by atoms with van der Waals surface area (Å²) in [5.74, 6) is -1.16. The van der Waals surface area contributed by atoms with Gasteiger partial charge in [-0.25, -0.2) is 9.18 Å². The minimum absolute atomic E-state index is 0.00383. The monoisotopic (exact) mass is 332 g/mol. The molecule has 0 atom stereocenters. The lowest BCUT2D eigenvalue weighted by Gasteiger charge is -2.07. The number of halogens is 4. The molecule has 0 amide bonds. The summed E-state index contributed by atoms with van der Waals surface area (Å²) in [5.41, 5.74) is 0.791. The molecule has 0 saturated carbocycles. The second-order valence-corrected chi connectivity index (χ2v) is 5.17. The third-order valence-corrected chi connectivity index (χ3v) is 3.56. The first-order chi connectivity index (χ1) is 9.47. The summed E-state index contributed by atoms with van der Waals surface area (Å²) in [7, 11) is 0. The highest BCUT2D eigenvalue weighted by Crippen LogP contribution is 2.23. The fourth-order valence-electron chi connectivity index (χ4n) is 1.51. The summed E-state index contributed by atoms with van der Waals surface area (Å²) >= 11 is 17.4. The Balaban J connectivity index is 2.06. The third-order valence-electron chi connectivity index (χ3n) is 2.50. The van der Waals surface area contributed by atoms with E-state index in [9.17, 15) is 9.18 Å². The van der Waals surface area contributed by atoms with Gasteiger partial charge in [0.1, 0.15) is 12.4 Å². The molecule has 0 heterocycles. The normalized spacial score (nSPS) is 10.4. The zero-order chi connectivity index (χ0) is 14.7. The van der Waals surface area contributed by atoms with Gasteiger partial charge in [0.15, 0.2) is 0 Å². The first-order valence-electron chi connectivity index (χ1n) is 5.53. The smallest absolute Gasteiger partial charge is 0.339 e. The van der Waals surface area contributed by atoms with Crippen molar-refractivity contribution in [1.82, 2.24) is 0 Å². The number of hydrogen-bond donors (Lipinski definition) is 0. The number of rotatable bonds is 3. The maximum absolute atomic E-state index is 12.9. The Hall–Kier alpha value is -1.29. The number of esters is 1. The van der Waals surface area contributed by atoms with Crippen molar-refractivity contribution in [3.05, 3.63) is 68.4 Å². The van der Waals surface area contributed by atoms with Gasteiger partial charge in [0.05, 0.1) is 20.6 Å². The largest absolute Gasteiger partial charge is 0.457 e. The van der Waals surface area contributed by atoms with E-state index >= 15 is 0 Å². The van der Waals surface area contributed by atoms with Gasteiger partial charge in [0.25, 0.3) is 0 Å². The van der Waals surface area contributed by atoms with Crippen molar-refractivity contribution >= 4 is 40.8 Å². The highest BCUT2D eigenvalue weighted by Gasteiger charge is 2.13. The molecule has 0 aromatic heterocycles. The topological polar surface area (TPSA) is 26.3 Å². The molecule has 0 N–H and O–H groups in total. The molecule has 0 aliphatic heterocycles. The second kappa shape index (κ2) is 6.44. The fraction of sp³-hybridized carbons (Fsp3) is 0.0714. The van der Waals surface area contributed by atoms with Gasteiger partial charge in [-0.2, -0.15) is 0 Å². The van der Waals surface area contributed by atoms with Gasteiger partial charge >= 0.3 is 5.97 Å². The van der Waals surface area contributed by atoms with E-state index in [2.05, 4.69) is 0 Å². The molecule has 2 aromatic carbocycles. The Kier molecular flexibility index (Phi) is 4.86. The second-order valence-electron chi connectivity index (χ2n) is 3.95. The Morgan fingerprint density at radius 3 is 2.40 bits per heavy atom. The van der Waals surface area contributed by atoms with E-state index < -0.39 is 11.8 Å². The standard InChI is InChI=1S/C14H8Cl3FO2/c15-11-4-1-8(5-13(11)17)7-20-14(19)10-3-2-9(18)6-12(10)16/h1-6H,7H2. The average Bonchev–Trinajstić information content (AvgIpc) is 2.40. The maximum Gasteiger partial charge on any atom is 0.339 e. The molecule has 2 aromatic rings. The van der Waals surface area contributed by atoms with Crippen LogP contribution in [0.25, 0.3) is 0 Å². The van der Waals surface area contributed by atoms with Crippen LogP contribution in [0.5, 0.6) is 0 Å². The average molecular weight is 334 g/mol. The number of hydrogen-bond acceptors (Lipinski definition) is 2. The Morgan fingerprint density at radius 1 is 1.00 bits per heavy atom. The van der Waals surface area contributed by atoms with Gasteiger partial charge in [-0.15, -0.1) is 0 Å². The fourth-order valence-corrected chi connectivity index (χ4v) is 2.08. The highest BCUT2D eigenvalue weighted by molar-refractivity contribution is 6.42. The van der Waals surface area contributed by atoms with Gasteiger partial charge in [0.2, 0.25) is 0 Å². The van der Waals surface area contributed by atoms with Crippen LogP contribution in [0.2, 0.25) is 15.1 Å². The molecular weight excluding hydrogens is 326 g/mol. The van der Waals surface area contributed by atoms with E-state index in [0.29, 0.717) is 15.6 Å². The molecule has 0 aliphatic carbocycles. The zero-order valence-corrected chi connectivity index (χ0v) is 12.3. The van der Waals surface area contributed by atoms with Gasteiger partial charge in [-0.1, -0.05) is 40.9 Å². The molecule has 0 spiro atoms. The third kappa shape index (κ3) is 3.63. The number of carbonyl (C=O) groups excluding carboxylic acids is 1. The number of benzene rings is 2. The predicted octanol–water partition coefficient (Wildman–Crippen LogP) is 5.14. The van der Waals surface area contributed by atoms with Crippen LogP contribution in [0.1, 0.15) is 15.9 Å². The molecule has 2 nitrogen and oxygen atoms in total. The maximum atomic E-state index is 12.9. The van der Waals surface area contributed by atoms with Crippen LogP contribution in [0.4, 0.5) is 4.39 Å². The van der Waals surface area contributed by atoms with Crippen molar-refractivity contribution in [3.63, 3.8) is 0 Å². The molecular formula is C14H8Cl3FO2. The van der Waals surface area contributed by atoms with Crippen molar-refractivity contribution < 1.29 is 13.9 Å². The van der Waals surface area contributed by atoms with Crippen molar-refractivity contribution in [1.29, 1.82) is 0 Å². The van der Waals surface area contributed by atoms with Gasteiger partial charge < -0.3 is 4.74 Å². The van der Waals surface area contributed by atoms with Gasteiger partial charge in [0, 0.05) is 0 Å². The van der Waals surface area contributed by atoms with Crippen LogP contribution in [-0.4, -0.2) is 5.97 Å². The van der Waals surface area contributed by atoms with Crippen molar-refractivity contribution in [2.45, 2.75) is 6.61 Å². The summed E-state index contributed by atoms with van der Waals surface area (Å²) in [6.45, 7) is 0.0173. The Morgan fingerprint density at radius 2 is 1.75 bits per heavy atom. The van der Waals surface area contributed by atoms with Crippen LogP contribution in [-0.2, 0) is 11.3 Å². The first kappa shape index (κ1) is 15.1. The molecule has 0 radical (unpaired) electrons. The molecule has 104 valence electrons. The Bertz CT molecular complexity index is 659. The zero-order valence-electron chi connectivity index (χ0n) is 10.00. The highest BCUT2D eigenvalue weighted by atomic mass is 35.5. The summed E-state index contributed by atoms with van der Waals surface area (Å²) in [4.78, 5) is 11.8. The molecule has 0 unspecified atom stereocenters. The van der Waals surface area contributed by atoms with E-state index in [4.69, 9.17) is 39.5 Å². The Labute approximate surface area is 130 Å². The van der Waals surface area contributed by atoms with E-state index in [1.807, 2.05) is 0 Å². The first-order valence-corrected chi connectivity index (χ1v) is 6.67. The van der Waals surface area contributed by atoms with Crippen LogP contribution >= 0.6 is 34.8 Å². The van der Waals surface area contributed by atoms with Gasteiger partial charge in [-0.3, -0.25) is 0 Å². The van der Waals surface area contributed by atoms with Crippen LogP contribution in [0.3, 0.4) is 0 Å². The van der Waals surface area contributed by atoms with Crippen LogP contribution < -0.4 is 0 Å². The lowest BCUT2D eigenvalue weighted by atomic mass is 10.2. The number of ether oxygens (including phenoxy) is 1. The van der Waals surface area contributed by atoms with E-state index in [1.165, 1.54) is 6.07 Å².